The van der Waals surface area contributed by atoms with Crippen molar-refractivity contribution in [2.24, 2.45) is 0 Å². The highest BCUT2D eigenvalue weighted by molar-refractivity contribution is 5.41. The summed E-state index contributed by atoms with van der Waals surface area (Å²) in [5.74, 6) is -2.90. The van der Waals surface area contributed by atoms with E-state index in [1.807, 2.05) is 0 Å². The Morgan fingerprint density at radius 1 is 0.944 bits per heavy atom. The third-order valence-corrected chi connectivity index (χ3v) is 2.90. The summed E-state index contributed by atoms with van der Waals surface area (Å²) in [5, 5.41) is 9.66. The van der Waals surface area contributed by atoms with Crippen molar-refractivity contribution in [3.05, 3.63) is 65.0 Å². The zero-order valence-electron chi connectivity index (χ0n) is 9.62. The number of hydrogen-bond donors (Lipinski definition) is 1. The lowest BCUT2D eigenvalue weighted by Crippen LogP contribution is -1.99. The van der Waals surface area contributed by atoms with E-state index in [9.17, 15) is 18.3 Å². The summed E-state index contributed by atoms with van der Waals surface area (Å²) < 4.78 is 39.1. The molecule has 0 saturated carbocycles. The van der Waals surface area contributed by atoms with Crippen molar-refractivity contribution in [2.45, 2.75) is 12.8 Å². The fourth-order valence-electron chi connectivity index (χ4n) is 1.83. The highest BCUT2D eigenvalue weighted by atomic mass is 19.2. The van der Waals surface area contributed by atoms with Crippen LogP contribution >= 0.6 is 0 Å². The van der Waals surface area contributed by atoms with Crippen LogP contribution in [0.25, 0.3) is 0 Å². The minimum Gasteiger partial charge on any atom is -0.508 e. The molecule has 18 heavy (non-hydrogen) atoms. The van der Waals surface area contributed by atoms with Crippen molar-refractivity contribution in [3.8, 4) is 5.75 Å². The largest absolute Gasteiger partial charge is 0.508 e. The number of halogens is 3. The van der Waals surface area contributed by atoms with Crippen LogP contribution in [0.3, 0.4) is 0 Å². The van der Waals surface area contributed by atoms with Crippen molar-refractivity contribution in [1.29, 1.82) is 0 Å². The quantitative estimate of drug-likeness (QED) is 0.857. The number of phenols is 1. The van der Waals surface area contributed by atoms with Gasteiger partial charge in [0.05, 0.1) is 0 Å². The summed E-state index contributed by atoms with van der Waals surface area (Å²) in [7, 11) is 0. The Morgan fingerprint density at radius 3 is 2.33 bits per heavy atom. The molecule has 0 aliphatic rings. The zero-order chi connectivity index (χ0) is 13.3. The van der Waals surface area contributed by atoms with E-state index in [1.165, 1.54) is 18.2 Å². The lowest BCUT2D eigenvalue weighted by atomic mass is 9.92. The van der Waals surface area contributed by atoms with Gasteiger partial charge in [-0.1, -0.05) is 13.0 Å². The smallest absolute Gasteiger partial charge is 0.159 e. The number of aromatic hydroxyl groups is 1. The maximum atomic E-state index is 13.1. The SMILES string of the molecule is CC(c1ccc(F)c(F)c1)c1cc(F)ccc1O. The molecule has 2 aromatic rings. The Bertz CT molecular complexity index is 581. The molecule has 1 N–H and O–H groups in total. The van der Waals surface area contributed by atoms with E-state index in [1.54, 1.807) is 6.92 Å². The molecule has 0 fully saturated rings. The van der Waals surface area contributed by atoms with Crippen molar-refractivity contribution in [1.82, 2.24) is 0 Å². The minimum atomic E-state index is -0.963. The van der Waals surface area contributed by atoms with Crippen LogP contribution in [0.2, 0.25) is 0 Å². The molecule has 1 nitrogen and oxygen atoms in total. The summed E-state index contributed by atoms with van der Waals surface area (Å²) >= 11 is 0. The van der Waals surface area contributed by atoms with Crippen molar-refractivity contribution >= 4 is 0 Å². The van der Waals surface area contributed by atoms with Crippen LogP contribution in [0.4, 0.5) is 13.2 Å². The van der Waals surface area contributed by atoms with Gasteiger partial charge < -0.3 is 5.11 Å². The standard InChI is InChI=1S/C14H11F3O/c1-8(9-2-4-12(16)13(17)6-9)11-7-10(15)3-5-14(11)18/h2-8,18H,1H3. The fraction of sp³-hybridized carbons (Fsp3) is 0.143. The van der Waals surface area contributed by atoms with Gasteiger partial charge in [0.25, 0.3) is 0 Å². The van der Waals surface area contributed by atoms with E-state index in [0.717, 1.165) is 18.2 Å². The predicted molar refractivity (Wildman–Crippen MR) is 61.9 cm³/mol. The van der Waals surface area contributed by atoms with Crippen molar-refractivity contribution in [2.75, 3.05) is 0 Å². The minimum absolute atomic E-state index is 0.0753. The average Bonchev–Trinajstić information content (AvgIpc) is 2.35. The average molecular weight is 252 g/mol. The topological polar surface area (TPSA) is 20.2 Å². The van der Waals surface area contributed by atoms with Crippen LogP contribution in [0.5, 0.6) is 5.75 Å². The van der Waals surface area contributed by atoms with E-state index >= 15 is 0 Å². The molecule has 0 amide bonds. The molecule has 0 bridgehead atoms. The number of rotatable bonds is 2. The van der Waals surface area contributed by atoms with E-state index in [-0.39, 0.29) is 5.75 Å². The molecule has 2 aromatic carbocycles. The predicted octanol–water partition coefficient (Wildman–Crippen LogP) is 3.96. The summed E-state index contributed by atoms with van der Waals surface area (Å²) in [6.07, 6.45) is 0. The first-order valence-electron chi connectivity index (χ1n) is 5.42. The normalized spacial score (nSPS) is 12.4. The first kappa shape index (κ1) is 12.5. The third-order valence-electron chi connectivity index (χ3n) is 2.90. The number of benzene rings is 2. The summed E-state index contributed by atoms with van der Waals surface area (Å²) in [6.45, 7) is 1.68. The van der Waals surface area contributed by atoms with Crippen LogP contribution < -0.4 is 0 Å². The Hall–Kier alpha value is -1.97. The van der Waals surface area contributed by atoms with Crippen molar-refractivity contribution in [3.63, 3.8) is 0 Å². The molecule has 1 unspecified atom stereocenters. The molecule has 4 heteroatoms. The molecule has 0 aliphatic heterocycles. The Kier molecular flexibility index (Phi) is 3.28. The van der Waals surface area contributed by atoms with Gasteiger partial charge in [-0.25, -0.2) is 13.2 Å². The fourth-order valence-corrected chi connectivity index (χ4v) is 1.83. The summed E-state index contributed by atoms with van der Waals surface area (Å²) in [6, 6.07) is 7.02. The second-order valence-corrected chi connectivity index (χ2v) is 4.10. The van der Waals surface area contributed by atoms with E-state index in [2.05, 4.69) is 0 Å². The van der Waals surface area contributed by atoms with Gasteiger partial charge in [-0.3, -0.25) is 0 Å². The molecule has 0 saturated heterocycles. The highest BCUT2D eigenvalue weighted by Gasteiger charge is 2.15. The van der Waals surface area contributed by atoms with Gasteiger partial charge in [0, 0.05) is 11.5 Å². The van der Waals surface area contributed by atoms with Crippen LogP contribution in [0.15, 0.2) is 36.4 Å². The van der Waals surface area contributed by atoms with Crippen LogP contribution in [0, 0.1) is 17.5 Å². The Labute approximate surface area is 103 Å². The van der Waals surface area contributed by atoms with Crippen LogP contribution in [-0.2, 0) is 0 Å². The van der Waals surface area contributed by atoms with E-state index in [4.69, 9.17) is 0 Å². The molecule has 0 heterocycles. The van der Waals surface area contributed by atoms with Gasteiger partial charge in [0.2, 0.25) is 0 Å². The monoisotopic (exact) mass is 252 g/mol. The molecule has 2 rings (SSSR count). The van der Waals surface area contributed by atoms with Crippen molar-refractivity contribution < 1.29 is 18.3 Å². The zero-order valence-corrected chi connectivity index (χ0v) is 9.62. The molecular formula is C14H11F3O. The number of phenolic OH excluding ortho intramolecular Hbond substituents is 1. The van der Waals surface area contributed by atoms with Gasteiger partial charge in [0.15, 0.2) is 11.6 Å². The second kappa shape index (κ2) is 4.72. The molecule has 94 valence electrons. The first-order chi connectivity index (χ1) is 8.49. The molecule has 0 aliphatic carbocycles. The maximum Gasteiger partial charge on any atom is 0.159 e. The second-order valence-electron chi connectivity index (χ2n) is 4.10. The van der Waals surface area contributed by atoms with E-state index < -0.39 is 23.4 Å². The van der Waals surface area contributed by atoms with Crippen LogP contribution in [0.1, 0.15) is 24.0 Å². The van der Waals surface area contributed by atoms with Gasteiger partial charge in [-0.2, -0.15) is 0 Å². The lowest BCUT2D eigenvalue weighted by Gasteiger charge is -2.14. The molecular weight excluding hydrogens is 241 g/mol. The molecule has 1 atom stereocenters. The maximum absolute atomic E-state index is 13.1. The summed E-state index contributed by atoms with van der Waals surface area (Å²) in [4.78, 5) is 0. The van der Waals surface area contributed by atoms with Gasteiger partial charge in [0.1, 0.15) is 11.6 Å². The Balaban J connectivity index is 2.44. The highest BCUT2D eigenvalue weighted by Crippen LogP contribution is 2.31. The van der Waals surface area contributed by atoms with Gasteiger partial charge in [-0.15, -0.1) is 0 Å². The van der Waals surface area contributed by atoms with E-state index in [0.29, 0.717) is 11.1 Å². The molecule has 0 radical (unpaired) electrons. The van der Waals surface area contributed by atoms with Crippen LogP contribution in [-0.4, -0.2) is 5.11 Å². The Morgan fingerprint density at radius 2 is 1.67 bits per heavy atom. The molecule has 0 aromatic heterocycles. The third kappa shape index (κ3) is 2.32. The molecule has 0 spiro atoms. The number of hydrogen-bond acceptors (Lipinski definition) is 1. The summed E-state index contributed by atoms with van der Waals surface area (Å²) in [5.41, 5.74) is 0.802. The van der Waals surface area contributed by atoms with Gasteiger partial charge in [-0.05, 0) is 35.9 Å². The lowest BCUT2D eigenvalue weighted by molar-refractivity contribution is 0.463. The first-order valence-corrected chi connectivity index (χ1v) is 5.42. The van der Waals surface area contributed by atoms with Gasteiger partial charge >= 0.3 is 0 Å².